The Morgan fingerprint density at radius 1 is 1.42 bits per heavy atom. The van der Waals surface area contributed by atoms with Gasteiger partial charge in [-0.05, 0) is 48.8 Å². The summed E-state index contributed by atoms with van der Waals surface area (Å²) in [7, 11) is 0. The predicted molar refractivity (Wildman–Crippen MR) is 74.3 cm³/mol. The fourth-order valence-electron chi connectivity index (χ4n) is 1.93. The summed E-state index contributed by atoms with van der Waals surface area (Å²) in [6.45, 7) is 6.76. The highest BCUT2D eigenvalue weighted by atomic mass is 19.1. The minimum absolute atomic E-state index is 0.354. The van der Waals surface area contributed by atoms with E-state index in [1.807, 2.05) is 0 Å². The molecule has 1 aromatic rings. The molecule has 0 spiro atoms. The summed E-state index contributed by atoms with van der Waals surface area (Å²) in [5.74, 6) is -1.39. The Bertz CT molecular complexity index is 457. The largest absolute Gasteiger partial charge is 0.478 e. The van der Waals surface area contributed by atoms with Crippen molar-refractivity contribution in [3.63, 3.8) is 0 Å². The zero-order valence-electron chi connectivity index (χ0n) is 11.4. The molecule has 0 aliphatic rings. The van der Waals surface area contributed by atoms with Gasteiger partial charge < -0.3 is 5.11 Å². The average molecular weight is 265 g/mol. The number of rotatable bonds is 7. The van der Waals surface area contributed by atoms with E-state index in [2.05, 4.69) is 18.7 Å². The van der Waals surface area contributed by atoms with E-state index in [-0.39, 0.29) is 5.82 Å². The summed E-state index contributed by atoms with van der Waals surface area (Å²) in [4.78, 5) is 12.8. The molecule has 1 N–H and O–H groups in total. The molecule has 0 aliphatic carbocycles. The lowest BCUT2D eigenvalue weighted by molar-refractivity contribution is -0.131. The van der Waals surface area contributed by atoms with Crippen LogP contribution in [0.1, 0.15) is 31.4 Å². The van der Waals surface area contributed by atoms with Crippen LogP contribution in [-0.2, 0) is 11.3 Å². The van der Waals surface area contributed by atoms with Gasteiger partial charge in [0.1, 0.15) is 5.82 Å². The second-order valence-corrected chi connectivity index (χ2v) is 4.38. The second-order valence-electron chi connectivity index (χ2n) is 4.38. The monoisotopic (exact) mass is 265 g/mol. The van der Waals surface area contributed by atoms with Crippen molar-refractivity contribution >= 4 is 12.0 Å². The van der Waals surface area contributed by atoms with Crippen molar-refractivity contribution in [2.75, 3.05) is 13.1 Å². The highest BCUT2D eigenvalue weighted by molar-refractivity contribution is 5.85. The number of carboxylic acids is 1. The number of nitrogens with zero attached hydrogens (tertiary/aromatic N) is 1. The topological polar surface area (TPSA) is 40.5 Å². The van der Waals surface area contributed by atoms with Crippen LogP contribution >= 0.6 is 0 Å². The Morgan fingerprint density at radius 2 is 2.16 bits per heavy atom. The minimum atomic E-state index is -1.03. The molecule has 0 bridgehead atoms. The maximum atomic E-state index is 13.2. The Labute approximate surface area is 113 Å². The number of halogens is 1. The van der Waals surface area contributed by atoms with Crippen molar-refractivity contribution in [2.45, 2.75) is 26.8 Å². The maximum absolute atomic E-state index is 13.2. The first-order chi connectivity index (χ1) is 9.06. The summed E-state index contributed by atoms with van der Waals surface area (Å²) in [6, 6.07) is 4.50. The molecule has 4 heteroatoms. The van der Waals surface area contributed by atoms with Gasteiger partial charge in [0.15, 0.2) is 0 Å². The van der Waals surface area contributed by atoms with Crippen LogP contribution in [0.2, 0.25) is 0 Å². The van der Waals surface area contributed by atoms with Crippen molar-refractivity contribution in [1.29, 1.82) is 0 Å². The van der Waals surface area contributed by atoms with E-state index >= 15 is 0 Å². The van der Waals surface area contributed by atoms with Crippen LogP contribution in [0.4, 0.5) is 4.39 Å². The summed E-state index contributed by atoms with van der Waals surface area (Å²) < 4.78 is 13.2. The first-order valence-corrected chi connectivity index (χ1v) is 6.48. The smallest absolute Gasteiger partial charge is 0.328 e. The van der Waals surface area contributed by atoms with Crippen molar-refractivity contribution in [3.8, 4) is 0 Å². The van der Waals surface area contributed by atoms with Crippen LogP contribution in [0.25, 0.3) is 6.08 Å². The highest BCUT2D eigenvalue weighted by Crippen LogP contribution is 2.16. The number of carboxylic acid groups (broad SMARTS) is 1. The molecule has 0 unspecified atom stereocenters. The first-order valence-electron chi connectivity index (χ1n) is 6.48. The van der Waals surface area contributed by atoms with Gasteiger partial charge in [-0.1, -0.05) is 19.9 Å². The van der Waals surface area contributed by atoms with E-state index in [4.69, 9.17) is 5.11 Å². The molecule has 3 nitrogen and oxygen atoms in total. The highest BCUT2D eigenvalue weighted by Gasteiger charge is 2.07. The van der Waals surface area contributed by atoms with Crippen molar-refractivity contribution in [1.82, 2.24) is 4.90 Å². The summed E-state index contributed by atoms with van der Waals surface area (Å²) >= 11 is 0. The third-order valence-electron chi connectivity index (χ3n) is 2.89. The summed E-state index contributed by atoms with van der Waals surface area (Å²) in [6.07, 6.45) is 3.53. The van der Waals surface area contributed by atoms with E-state index in [9.17, 15) is 9.18 Å². The van der Waals surface area contributed by atoms with Crippen LogP contribution in [0.5, 0.6) is 0 Å². The lowest BCUT2D eigenvalue weighted by Gasteiger charge is -2.20. The van der Waals surface area contributed by atoms with E-state index < -0.39 is 5.97 Å². The van der Waals surface area contributed by atoms with Crippen LogP contribution < -0.4 is 0 Å². The summed E-state index contributed by atoms with van der Waals surface area (Å²) in [5.41, 5.74) is 1.56. The average Bonchev–Trinajstić information content (AvgIpc) is 2.38. The molecule has 0 saturated carbocycles. The lowest BCUT2D eigenvalue weighted by Crippen LogP contribution is -2.24. The van der Waals surface area contributed by atoms with E-state index in [0.29, 0.717) is 12.1 Å². The van der Waals surface area contributed by atoms with Gasteiger partial charge >= 0.3 is 5.97 Å². The second kappa shape index (κ2) is 7.69. The van der Waals surface area contributed by atoms with E-state index in [0.717, 1.165) is 31.1 Å². The molecule has 0 fully saturated rings. The van der Waals surface area contributed by atoms with Gasteiger partial charge in [0, 0.05) is 12.6 Å². The van der Waals surface area contributed by atoms with E-state index in [1.165, 1.54) is 18.2 Å². The zero-order valence-corrected chi connectivity index (χ0v) is 11.4. The Kier molecular flexibility index (Phi) is 6.22. The molecule has 0 aliphatic heterocycles. The molecule has 104 valence electrons. The Morgan fingerprint density at radius 3 is 2.74 bits per heavy atom. The van der Waals surface area contributed by atoms with Crippen molar-refractivity contribution < 1.29 is 14.3 Å². The number of aliphatic carboxylic acids is 1. The number of carbonyl (C=O) groups is 1. The molecular formula is C15H20FNO2. The Balaban J connectivity index is 2.95. The molecule has 0 amide bonds. The normalized spacial score (nSPS) is 11.4. The van der Waals surface area contributed by atoms with Gasteiger partial charge in [-0.25, -0.2) is 9.18 Å². The third kappa shape index (κ3) is 5.22. The fourth-order valence-corrected chi connectivity index (χ4v) is 1.93. The SMILES string of the molecule is CCCN(CC)Cc1ccc(F)cc1C=CC(=O)O. The van der Waals surface area contributed by atoms with Gasteiger partial charge in [0.25, 0.3) is 0 Å². The fraction of sp³-hybridized carbons (Fsp3) is 0.400. The standard InChI is InChI=1S/C15H20FNO2/c1-3-9-17(4-2)11-13-5-7-14(16)10-12(13)6-8-15(18)19/h5-8,10H,3-4,9,11H2,1-2H3,(H,18,19). The molecule has 0 heterocycles. The van der Waals surface area contributed by atoms with Gasteiger partial charge in [-0.2, -0.15) is 0 Å². The van der Waals surface area contributed by atoms with Crippen LogP contribution in [-0.4, -0.2) is 29.1 Å². The van der Waals surface area contributed by atoms with Crippen molar-refractivity contribution in [3.05, 3.63) is 41.2 Å². The molecule has 1 rings (SSSR count). The molecular weight excluding hydrogens is 245 g/mol. The van der Waals surface area contributed by atoms with Gasteiger partial charge in [0.05, 0.1) is 0 Å². The van der Waals surface area contributed by atoms with E-state index in [1.54, 1.807) is 6.07 Å². The summed E-state index contributed by atoms with van der Waals surface area (Å²) in [5, 5.41) is 8.66. The predicted octanol–water partition coefficient (Wildman–Crippen LogP) is 3.16. The molecule has 0 aromatic heterocycles. The quantitative estimate of drug-likeness (QED) is 0.770. The van der Waals surface area contributed by atoms with Crippen LogP contribution in [0, 0.1) is 5.82 Å². The number of benzene rings is 1. The first kappa shape index (κ1) is 15.4. The van der Waals surface area contributed by atoms with Crippen molar-refractivity contribution in [2.24, 2.45) is 0 Å². The molecule has 0 atom stereocenters. The molecule has 19 heavy (non-hydrogen) atoms. The maximum Gasteiger partial charge on any atom is 0.328 e. The third-order valence-corrected chi connectivity index (χ3v) is 2.89. The van der Waals surface area contributed by atoms with Gasteiger partial charge in [-0.15, -0.1) is 0 Å². The Hall–Kier alpha value is -1.68. The zero-order chi connectivity index (χ0) is 14.3. The minimum Gasteiger partial charge on any atom is -0.478 e. The number of hydrogen-bond acceptors (Lipinski definition) is 2. The molecule has 1 aromatic carbocycles. The van der Waals surface area contributed by atoms with Gasteiger partial charge in [-0.3, -0.25) is 4.90 Å². The van der Waals surface area contributed by atoms with Crippen LogP contribution in [0.15, 0.2) is 24.3 Å². The molecule has 0 saturated heterocycles. The number of hydrogen-bond donors (Lipinski definition) is 1. The van der Waals surface area contributed by atoms with Crippen LogP contribution in [0.3, 0.4) is 0 Å². The van der Waals surface area contributed by atoms with Gasteiger partial charge in [0.2, 0.25) is 0 Å². The molecule has 0 radical (unpaired) electrons. The lowest BCUT2D eigenvalue weighted by atomic mass is 10.1.